The van der Waals surface area contributed by atoms with E-state index in [1.165, 1.54) is 0 Å². The van der Waals surface area contributed by atoms with Crippen molar-refractivity contribution in [3.63, 3.8) is 0 Å². The van der Waals surface area contributed by atoms with Gasteiger partial charge >= 0.3 is 0 Å². The first-order valence-electron chi connectivity index (χ1n) is 10.2. The molecule has 8 nitrogen and oxygen atoms in total. The average molecular weight is 449 g/mol. The van der Waals surface area contributed by atoms with Crippen molar-refractivity contribution in [1.29, 1.82) is 0 Å². The number of benzene rings is 1. The van der Waals surface area contributed by atoms with Crippen molar-refractivity contribution in [2.24, 2.45) is 0 Å². The molecule has 3 aromatic heterocycles. The molecule has 0 aliphatic carbocycles. The molecule has 0 saturated heterocycles. The summed E-state index contributed by atoms with van der Waals surface area (Å²) in [6.45, 7) is 1.49. The highest BCUT2D eigenvalue weighted by Gasteiger charge is 2.21. The van der Waals surface area contributed by atoms with Crippen LogP contribution in [0.4, 0.5) is 5.69 Å². The van der Waals surface area contributed by atoms with Gasteiger partial charge in [0.25, 0.3) is 0 Å². The van der Waals surface area contributed by atoms with Gasteiger partial charge in [0.15, 0.2) is 11.5 Å². The van der Waals surface area contributed by atoms with Gasteiger partial charge in [-0.25, -0.2) is 0 Å². The Hall–Kier alpha value is -3.72. The predicted molar refractivity (Wildman–Crippen MR) is 119 cm³/mol. The third-order valence-electron chi connectivity index (χ3n) is 4.95. The second-order valence-corrected chi connectivity index (χ2v) is 8.15. The van der Waals surface area contributed by atoms with Gasteiger partial charge in [-0.2, -0.15) is 4.98 Å². The molecule has 32 heavy (non-hydrogen) atoms. The third-order valence-corrected chi connectivity index (χ3v) is 5.81. The Morgan fingerprint density at radius 3 is 2.78 bits per heavy atom. The topological polar surface area (TPSA) is 90.6 Å². The van der Waals surface area contributed by atoms with Crippen molar-refractivity contribution >= 4 is 22.9 Å². The van der Waals surface area contributed by atoms with Crippen LogP contribution in [0.3, 0.4) is 0 Å². The zero-order valence-electron chi connectivity index (χ0n) is 17.1. The molecule has 0 unspecified atom stereocenters. The minimum absolute atomic E-state index is 0.0485. The maximum atomic E-state index is 13.2. The molecule has 162 valence electrons. The van der Waals surface area contributed by atoms with Gasteiger partial charge in [0.1, 0.15) is 18.9 Å². The van der Waals surface area contributed by atoms with Crippen LogP contribution >= 0.6 is 11.3 Å². The van der Waals surface area contributed by atoms with Crippen LogP contribution in [-0.2, 0) is 17.8 Å². The minimum atomic E-state index is -0.0485. The van der Waals surface area contributed by atoms with Gasteiger partial charge in [0.2, 0.25) is 17.6 Å². The number of carbonyl (C=O) groups excluding carboxylic acids is 1. The maximum absolute atomic E-state index is 13.2. The highest BCUT2D eigenvalue weighted by molar-refractivity contribution is 7.09. The number of ether oxygens (including phenoxy) is 2. The number of hydrogen-bond donors (Lipinski definition) is 0. The van der Waals surface area contributed by atoms with Gasteiger partial charge in [0.05, 0.1) is 6.54 Å². The molecular weight excluding hydrogens is 428 g/mol. The largest absolute Gasteiger partial charge is 0.486 e. The smallest absolute Gasteiger partial charge is 0.227 e. The summed E-state index contributed by atoms with van der Waals surface area (Å²) in [5.41, 5.74) is 1.39. The Morgan fingerprint density at radius 1 is 1.06 bits per heavy atom. The highest BCUT2D eigenvalue weighted by Crippen LogP contribution is 2.35. The number of pyridine rings is 1. The third kappa shape index (κ3) is 4.47. The zero-order chi connectivity index (χ0) is 21.8. The number of fused-ring (bicyclic) bond motifs is 1. The normalized spacial score (nSPS) is 12.5. The molecular formula is C23H20N4O4S. The summed E-state index contributed by atoms with van der Waals surface area (Å²) in [5, 5.41) is 5.97. The number of rotatable bonds is 7. The fraction of sp³-hybridized carbons (Fsp3) is 0.217. The molecule has 1 aromatic carbocycles. The Balaban J connectivity index is 1.32. The molecule has 0 saturated carbocycles. The number of hydrogen-bond acceptors (Lipinski definition) is 8. The van der Waals surface area contributed by atoms with Crippen molar-refractivity contribution < 1.29 is 18.8 Å². The first-order valence-corrected chi connectivity index (χ1v) is 11.1. The van der Waals surface area contributed by atoms with Crippen LogP contribution in [0.15, 0.2) is 64.6 Å². The second-order valence-electron chi connectivity index (χ2n) is 7.11. The van der Waals surface area contributed by atoms with E-state index in [4.69, 9.17) is 14.0 Å². The SMILES string of the molecule is O=C(CCc1nc(-c2ccccn2)no1)N(Cc1cccs1)c1ccc2c(c1)OCCO2. The molecule has 9 heteroatoms. The summed E-state index contributed by atoms with van der Waals surface area (Å²) >= 11 is 1.61. The van der Waals surface area contributed by atoms with Crippen LogP contribution in [0, 0.1) is 0 Å². The van der Waals surface area contributed by atoms with E-state index >= 15 is 0 Å². The summed E-state index contributed by atoms with van der Waals surface area (Å²) < 4.78 is 16.6. The fourth-order valence-electron chi connectivity index (χ4n) is 3.39. The van der Waals surface area contributed by atoms with Crippen molar-refractivity contribution in [3.05, 3.63) is 70.9 Å². The van der Waals surface area contributed by atoms with Crippen molar-refractivity contribution in [2.75, 3.05) is 18.1 Å². The lowest BCUT2D eigenvalue weighted by Crippen LogP contribution is -2.30. The first-order chi connectivity index (χ1) is 15.8. The lowest BCUT2D eigenvalue weighted by Gasteiger charge is -2.25. The van der Waals surface area contributed by atoms with E-state index in [-0.39, 0.29) is 12.3 Å². The summed E-state index contributed by atoms with van der Waals surface area (Å²) in [4.78, 5) is 24.7. The quantitative estimate of drug-likeness (QED) is 0.420. The van der Waals surface area contributed by atoms with E-state index in [2.05, 4.69) is 15.1 Å². The highest BCUT2D eigenvalue weighted by atomic mass is 32.1. The first kappa shape index (κ1) is 20.2. The van der Waals surface area contributed by atoms with Gasteiger partial charge in [-0.05, 0) is 35.7 Å². The number of thiophene rings is 1. The standard InChI is InChI=1S/C23H20N4O4S/c28-22(9-8-21-25-23(26-31-21)18-5-1-2-10-24-18)27(15-17-4-3-13-32-17)16-6-7-19-20(14-16)30-12-11-29-19/h1-7,10,13-14H,8-9,11-12,15H2. The van der Waals surface area contributed by atoms with Crippen LogP contribution in [0.25, 0.3) is 11.5 Å². The number of amides is 1. The maximum Gasteiger partial charge on any atom is 0.227 e. The lowest BCUT2D eigenvalue weighted by atomic mass is 10.2. The zero-order valence-corrected chi connectivity index (χ0v) is 18.0. The van der Waals surface area contributed by atoms with Crippen LogP contribution in [0.5, 0.6) is 11.5 Å². The van der Waals surface area contributed by atoms with Crippen molar-refractivity contribution in [1.82, 2.24) is 15.1 Å². The Labute approximate surface area is 188 Å². The molecule has 4 aromatic rings. The summed E-state index contributed by atoms with van der Waals surface area (Å²) in [6.07, 6.45) is 2.23. The van der Waals surface area contributed by atoms with Crippen LogP contribution in [0.1, 0.15) is 17.2 Å². The molecule has 0 atom stereocenters. The van der Waals surface area contributed by atoms with Crippen LogP contribution in [0.2, 0.25) is 0 Å². The number of aromatic nitrogens is 3. The fourth-order valence-corrected chi connectivity index (χ4v) is 4.08. The summed E-state index contributed by atoms with van der Waals surface area (Å²) in [7, 11) is 0. The molecule has 0 fully saturated rings. The van der Waals surface area contributed by atoms with E-state index in [1.807, 2.05) is 53.9 Å². The molecule has 0 N–H and O–H groups in total. The molecule has 0 bridgehead atoms. The van der Waals surface area contributed by atoms with Crippen LogP contribution < -0.4 is 14.4 Å². The molecule has 5 rings (SSSR count). The predicted octanol–water partition coefficient (Wildman–Crippen LogP) is 4.13. The molecule has 0 radical (unpaired) electrons. The monoisotopic (exact) mass is 448 g/mol. The molecule has 1 aliphatic rings. The van der Waals surface area contributed by atoms with E-state index in [0.717, 1.165) is 10.6 Å². The summed E-state index contributed by atoms with van der Waals surface area (Å²) in [6, 6.07) is 15.1. The number of aryl methyl sites for hydroxylation is 1. The Kier molecular flexibility index (Phi) is 5.80. The minimum Gasteiger partial charge on any atom is -0.486 e. The lowest BCUT2D eigenvalue weighted by molar-refractivity contribution is -0.118. The molecule has 4 heterocycles. The molecule has 0 spiro atoms. The van der Waals surface area contributed by atoms with Gasteiger partial charge < -0.3 is 18.9 Å². The molecule has 1 aliphatic heterocycles. The van der Waals surface area contributed by atoms with Crippen LogP contribution in [-0.4, -0.2) is 34.2 Å². The summed E-state index contributed by atoms with van der Waals surface area (Å²) in [5.74, 6) is 2.10. The number of carbonyl (C=O) groups is 1. The van der Waals surface area contributed by atoms with E-state index in [9.17, 15) is 4.79 Å². The van der Waals surface area contributed by atoms with E-state index < -0.39 is 0 Å². The Morgan fingerprint density at radius 2 is 1.97 bits per heavy atom. The van der Waals surface area contributed by atoms with E-state index in [0.29, 0.717) is 55.1 Å². The average Bonchev–Trinajstić information content (AvgIpc) is 3.54. The molecule has 1 amide bonds. The van der Waals surface area contributed by atoms with E-state index in [1.54, 1.807) is 22.4 Å². The Bertz CT molecular complexity index is 1190. The van der Waals surface area contributed by atoms with Crippen molar-refractivity contribution in [3.8, 4) is 23.0 Å². The van der Waals surface area contributed by atoms with Gasteiger partial charge in [-0.15, -0.1) is 11.3 Å². The van der Waals surface area contributed by atoms with Gasteiger partial charge in [-0.1, -0.05) is 17.3 Å². The second kappa shape index (κ2) is 9.19. The number of anilines is 1. The van der Waals surface area contributed by atoms with Gasteiger partial charge in [-0.3, -0.25) is 9.78 Å². The number of nitrogens with zero attached hydrogens (tertiary/aromatic N) is 4. The van der Waals surface area contributed by atoms with Gasteiger partial charge in [0, 0.05) is 35.7 Å². The van der Waals surface area contributed by atoms with Crippen molar-refractivity contribution in [2.45, 2.75) is 19.4 Å².